The average Bonchev–Trinajstić information content (AvgIpc) is 2.39. The van der Waals surface area contributed by atoms with E-state index in [1.54, 1.807) is 24.3 Å². The van der Waals surface area contributed by atoms with Crippen LogP contribution in [-0.2, 0) is 0 Å². The standard InChI is InChI=1S/C15H16FNO2/c1-10(2)19-12-5-3-11(4-6-12)15(18)13-7-8-17-9-14(13)16/h3-10,15,18H,1-2H3. The van der Waals surface area contributed by atoms with Crippen molar-refractivity contribution < 1.29 is 14.2 Å². The summed E-state index contributed by atoms with van der Waals surface area (Å²) < 4.78 is 19.0. The SMILES string of the molecule is CC(C)Oc1ccc(C(O)c2ccncc2F)cc1. The number of rotatable bonds is 4. The minimum atomic E-state index is -1.00. The summed E-state index contributed by atoms with van der Waals surface area (Å²) in [4.78, 5) is 3.66. The number of hydrogen-bond donors (Lipinski definition) is 1. The fourth-order valence-corrected chi connectivity index (χ4v) is 1.79. The van der Waals surface area contributed by atoms with Gasteiger partial charge in [-0.1, -0.05) is 12.1 Å². The molecule has 1 aromatic heterocycles. The van der Waals surface area contributed by atoms with Crippen LogP contribution in [0.15, 0.2) is 42.7 Å². The molecule has 0 spiro atoms. The van der Waals surface area contributed by atoms with E-state index in [9.17, 15) is 9.50 Å². The Morgan fingerprint density at radius 3 is 2.42 bits per heavy atom. The first-order valence-electron chi connectivity index (χ1n) is 6.12. The highest BCUT2D eigenvalue weighted by molar-refractivity contribution is 5.33. The first-order valence-corrected chi connectivity index (χ1v) is 6.12. The molecule has 4 heteroatoms. The fraction of sp³-hybridized carbons (Fsp3) is 0.267. The van der Waals surface area contributed by atoms with E-state index in [1.807, 2.05) is 13.8 Å². The minimum absolute atomic E-state index is 0.0911. The molecule has 1 unspecified atom stereocenters. The Morgan fingerprint density at radius 2 is 1.84 bits per heavy atom. The van der Waals surface area contributed by atoms with Crippen LogP contribution in [0.2, 0.25) is 0 Å². The molecule has 2 aromatic rings. The second kappa shape index (κ2) is 5.80. The predicted molar refractivity (Wildman–Crippen MR) is 70.5 cm³/mol. The number of nitrogens with zero attached hydrogens (tertiary/aromatic N) is 1. The zero-order valence-corrected chi connectivity index (χ0v) is 10.9. The topological polar surface area (TPSA) is 42.4 Å². The van der Waals surface area contributed by atoms with Crippen molar-refractivity contribution in [3.8, 4) is 5.75 Å². The van der Waals surface area contributed by atoms with Crippen LogP contribution >= 0.6 is 0 Å². The molecule has 100 valence electrons. The maximum atomic E-state index is 13.5. The molecule has 1 heterocycles. The summed E-state index contributed by atoms with van der Waals surface area (Å²) in [6.07, 6.45) is 1.64. The van der Waals surface area contributed by atoms with Gasteiger partial charge in [0.1, 0.15) is 17.7 Å². The van der Waals surface area contributed by atoms with Gasteiger partial charge in [-0.2, -0.15) is 0 Å². The highest BCUT2D eigenvalue weighted by Gasteiger charge is 2.14. The number of pyridine rings is 1. The van der Waals surface area contributed by atoms with Crippen molar-refractivity contribution in [2.45, 2.75) is 26.1 Å². The number of hydrogen-bond acceptors (Lipinski definition) is 3. The van der Waals surface area contributed by atoms with Crippen LogP contribution in [0.25, 0.3) is 0 Å². The lowest BCUT2D eigenvalue weighted by Gasteiger charge is -2.14. The highest BCUT2D eigenvalue weighted by Crippen LogP contribution is 2.25. The third-order valence-electron chi connectivity index (χ3n) is 2.67. The van der Waals surface area contributed by atoms with Crippen LogP contribution in [-0.4, -0.2) is 16.2 Å². The van der Waals surface area contributed by atoms with Gasteiger partial charge < -0.3 is 9.84 Å². The number of aliphatic hydroxyl groups excluding tert-OH is 1. The zero-order chi connectivity index (χ0) is 13.8. The number of benzene rings is 1. The minimum Gasteiger partial charge on any atom is -0.491 e. The zero-order valence-electron chi connectivity index (χ0n) is 10.9. The van der Waals surface area contributed by atoms with Gasteiger partial charge in [-0.25, -0.2) is 4.39 Å². The van der Waals surface area contributed by atoms with E-state index in [0.29, 0.717) is 5.56 Å². The number of halogens is 1. The largest absolute Gasteiger partial charge is 0.491 e. The van der Waals surface area contributed by atoms with Gasteiger partial charge in [0.15, 0.2) is 0 Å². The molecular formula is C15H16FNO2. The van der Waals surface area contributed by atoms with Crippen LogP contribution in [0, 0.1) is 5.82 Å². The third kappa shape index (κ3) is 3.29. The summed E-state index contributed by atoms with van der Waals surface area (Å²) >= 11 is 0. The van der Waals surface area contributed by atoms with Crippen LogP contribution in [0.3, 0.4) is 0 Å². The fourth-order valence-electron chi connectivity index (χ4n) is 1.79. The maximum absolute atomic E-state index is 13.5. The predicted octanol–water partition coefficient (Wildman–Crippen LogP) is 3.09. The summed E-state index contributed by atoms with van der Waals surface area (Å²) in [5.41, 5.74) is 0.828. The van der Waals surface area contributed by atoms with Gasteiger partial charge in [-0.3, -0.25) is 4.98 Å². The normalized spacial score (nSPS) is 12.5. The molecule has 2 rings (SSSR count). The Hall–Kier alpha value is -1.94. The second-order valence-corrected chi connectivity index (χ2v) is 4.54. The Morgan fingerprint density at radius 1 is 1.16 bits per heavy atom. The smallest absolute Gasteiger partial charge is 0.147 e. The van der Waals surface area contributed by atoms with E-state index in [1.165, 1.54) is 12.3 Å². The third-order valence-corrected chi connectivity index (χ3v) is 2.67. The van der Waals surface area contributed by atoms with Crippen LogP contribution in [0.1, 0.15) is 31.1 Å². The highest BCUT2D eigenvalue weighted by atomic mass is 19.1. The second-order valence-electron chi connectivity index (χ2n) is 4.54. The maximum Gasteiger partial charge on any atom is 0.147 e. The molecule has 1 N–H and O–H groups in total. The molecule has 0 bridgehead atoms. The van der Waals surface area contributed by atoms with E-state index < -0.39 is 11.9 Å². The molecule has 0 radical (unpaired) electrons. The van der Waals surface area contributed by atoms with E-state index in [2.05, 4.69) is 4.98 Å². The van der Waals surface area contributed by atoms with Gasteiger partial charge in [0.05, 0.1) is 12.3 Å². The van der Waals surface area contributed by atoms with Gasteiger partial charge in [-0.15, -0.1) is 0 Å². The van der Waals surface area contributed by atoms with E-state index >= 15 is 0 Å². The Balaban J connectivity index is 2.20. The lowest BCUT2D eigenvalue weighted by molar-refractivity contribution is 0.214. The van der Waals surface area contributed by atoms with Crippen LogP contribution in [0.5, 0.6) is 5.75 Å². The molecule has 1 atom stereocenters. The Bertz CT molecular complexity index is 540. The summed E-state index contributed by atoms with van der Waals surface area (Å²) in [5, 5.41) is 10.1. The van der Waals surface area contributed by atoms with Gasteiger partial charge in [0.2, 0.25) is 0 Å². The lowest BCUT2D eigenvalue weighted by atomic mass is 10.0. The van der Waals surface area contributed by atoms with E-state index in [0.717, 1.165) is 11.9 Å². The van der Waals surface area contributed by atoms with E-state index in [-0.39, 0.29) is 11.7 Å². The first kappa shape index (κ1) is 13.5. The molecule has 3 nitrogen and oxygen atoms in total. The summed E-state index contributed by atoms with van der Waals surface area (Å²) in [6.45, 7) is 3.88. The Labute approximate surface area is 111 Å². The van der Waals surface area contributed by atoms with E-state index in [4.69, 9.17) is 4.74 Å². The molecule has 0 saturated carbocycles. The van der Waals surface area contributed by atoms with Crippen LogP contribution in [0.4, 0.5) is 4.39 Å². The number of aromatic nitrogens is 1. The van der Waals surface area contributed by atoms with Crippen molar-refractivity contribution >= 4 is 0 Å². The molecule has 0 aliphatic rings. The van der Waals surface area contributed by atoms with Crippen molar-refractivity contribution in [3.63, 3.8) is 0 Å². The molecule has 0 amide bonds. The van der Waals surface area contributed by atoms with Gasteiger partial charge in [0, 0.05) is 11.8 Å². The van der Waals surface area contributed by atoms with Crippen molar-refractivity contribution in [3.05, 3.63) is 59.7 Å². The molecular weight excluding hydrogens is 245 g/mol. The lowest BCUT2D eigenvalue weighted by Crippen LogP contribution is -2.06. The van der Waals surface area contributed by atoms with Gasteiger partial charge >= 0.3 is 0 Å². The molecule has 0 saturated heterocycles. The molecule has 1 aromatic carbocycles. The first-order chi connectivity index (χ1) is 9.08. The monoisotopic (exact) mass is 261 g/mol. The van der Waals surface area contributed by atoms with Gasteiger partial charge in [0.25, 0.3) is 0 Å². The quantitative estimate of drug-likeness (QED) is 0.919. The Kier molecular flexibility index (Phi) is 4.12. The number of ether oxygens (including phenoxy) is 1. The molecule has 0 aliphatic heterocycles. The molecule has 19 heavy (non-hydrogen) atoms. The summed E-state index contributed by atoms with van der Waals surface area (Å²) in [6, 6.07) is 8.44. The summed E-state index contributed by atoms with van der Waals surface area (Å²) in [5.74, 6) is 0.207. The number of aliphatic hydroxyl groups is 1. The van der Waals surface area contributed by atoms with Crippen molar-refractivity contribution in [2.24, 2.45) is 0 Å². The van der Waals surface area contributed by atoms with Gasteiger partial charge in [-0.05, 0) is 37.6 Å². The van der Waals surface area contributed by atoms with Crippen LogP contribution < -0.4 is 4.74 Å². The van der Waals surface area contributed by atoms with Crippen molar-refractivity contribution in [1.29, 1.82) is 0 Å². The van der Waals surface area contributed by atoms with Crippen molar-refractivity contribution in [1.82, 2.24) is 4.98 Å². The average molecular weight is 261 g/mol. The van der Waals surface area contributed by atoms with Crippen molar-refractivity contribution in [2.75, 3.05) is 0 Å². The summed E-state index contributed by atoms with van der Waals surface area (Å²) in [7, 11) is 0. The molecule has 0 aliphatic carbocycles. The molecule has 0 fully saturated rings.